The molecule has 0 saturated carbocycles. The zero-order chi connectivity index (χ0) is 29.5. The lowest BCUT2D eigenvalue weighted by molar-refractivity contribution is -0.122. The molecule has 0 spiro atoms. The van der Waals surface area contributed by atoms with Crippen LogP contribution in [-0.4, -0.2) is 62.4 Å². The Labute approximate surface area is 262 Å². The van der Waals surface area contributed by atoms with Gasteiger partial charge in [0.15, 0.2) is 11.5 Å². The molecule has 3 aliphatic rings. The molecule has 2 aromatic heterocycles. The van der Waals surface area contributed by atoms with Crippen LogP contribution in [0.3, 0.4) is 0 Å². The van der Waals surface area contributed by atoms with Gasteiger partial charge in [-0.25, -0.2) is 4.98 Å². The molecule has 5 heterocycles. The number of amides is 1. The Morgan fingerprint density at radius 2 is 1.74 bits per heavy atom. The fourth-order valence-electron chi connectivity index (χ4n) is 5.44. The maximum absolute atomic E-state index is 13.8. The molecule has 0 N–H and O–H groups in total. The van der Waals surface area contributed by atoms with E-state index in [9.17, 15) is 9.59 Å². The summed E-state index contributed by atoms with van der Waals surface area (Å²) in [7, 11) is 0. The van der Waals surface area contributed by atoms with Crippen LogP contribution in [0.5, 0.6) is 11.5 Å². The topological polar surface area (TPSA) is 79.6 Å². The van der Waals surface area contributed by atoms with Crippen LogP contribution in [0.1, 0.15) is 16.7 Å². The Morgan fingerprint density at radius 3 is 2.58 bits per heavy atom. The number of thiocarbonyl (C=S) groups is 1. The highest BCUT2D eigenvalue weighted by Gasteiger charge is 2.33. The number of thioether (sulfide) groups is 1. The highest BCUT2D eigenvalue weighted by molar-refractivity contribution is 8.26. The Bertz CT molecular complexity index is 1850. The van der Waals surface area contributed by atoms with E-state index >= 15 is 0 Å². The fourth-order valence-corrected chi connectivity index (χ4v) is 6.87. The van der Waals surface area contributed by atoms with Crippen molar-refractivity contribution in [2.24, 2.45) is 0 Å². The van der Waals surface area contributed by atoms with Gasteiger partial charge in [0.25, 0.3) is 11.5 Å². The smallest absolute Gasteiger partial charge is 0.267 e. The molecule has 7 rings (SSSR count). The highest BCUT2D eigenvalue weighted by Crippen LogP contribution is 2.36. The maximum Gasteiger partial charge on any atom is 0.267 e. The molecule has 2 fully saturated rings. The molecule has 12 heteroatoms. The number of piperazine rings is 1. The van der Waals surface area contributed by atoms with Crippen molar-refractivity contribution in [2.75, 3.05) is 37.9 Å². The summed E-state index contributed by atoms with van der Waals surface area (Å²) in [5, 5.41) is 0.567. The van der Waals surface area contributed by atoms with E-state index in [0.717, 1.165) is 42.3 Å². The van der Waals surface area contributed by atoms with Gasteiger partial charge in [-0.3, -0.25) is 23.8 Å². The van der Waals surface area contributed by atoms with Crippen LogP contribution in [-0.2, 0) is 17.9 Å². The number of carbonyl (C=O) groups excluding carboxylic acids is 1. The van der Waals surface area contributed by atoms with Crippen LogP contribution < -0.4 is 19.9 Å². The van der Waals surface area contributed by atoms with E-state index in [-0.39, 0.29) is 24.8 Å². The predicted octanol–water partition coefficient (Wildman–Crippen LogP) is 4.80. The number of anilines is 1. The van der Waals surface area contributed by atoms with E-state index in [1.165, 1.54) is 21.1 Å². The normalized spacial score (nSPS) is 17.9. The van der Waals surface area contributed by atoms with Crippen molar-refractivity contribution < 1.29 is 14.3 Å². The average molecular weight is 632 g/mol. The average Bonchev–Trinajstić information content (AvgIpc) is 3.59. The van der Waals surface area contributed by atoms with Gasteiger partial charge in [0.1, 0.15) is 15.8 Å². The second kappa shape index (κ2) is 11.6. The molecule has 3 aliphatic heterocycles. The number of pyridine rings is 1. The first-order chi connectivity index (χ1) is 20.9. The largest absolute Gasteiger partial charge is 0.454 e. The van der Waals surface area contributed by atoms with Crippen molar-refractivity contribution in [2.45, 2.75) is 13.1 Å². The summed E-state index contributed by atoms with van der Waals surface area (Å²) in [6.45, 7) is 4.20. The van der Waals surface area contributed by atoms with Gasteiger partial charge < -0.3 is 14.4 Å². The molecule has 0 aliphatic carbocycles. The summed E-state index contributed by atoms with van der Waals surface area (Å²) in [4.78, 5) is 38.6. The second-order valence-electron chi connectivity index (χ2n) is 10.4. The fraction of sp³-hybridized carbons (Fsp3) is 0.226. The zero-order valence-corrected chi connectivity index (χ0v) is 25.3. The predicted molar refractivity (Wildman–Crippen MR) is 172 cm³/mol. The van der Waals surface area contributed by atoms with Gasteiger partial charge >= 0.3 is 0 Å². The number of rotatable bonds is 6. The third-order valence-electron chi connectivity index (χ3n) is 7.70. The number of ether oxygens (including phenoxy) is 2. The molecular formula is C31H26ClN5O4S2. The summed E-state index contributed by atoms with van der Waals surface area (Å²) in [5.41, 5.74) is 2.63. The number of fused-ring (bicyclic) bond motifs is 2. The number of carbonyl (C=O) groups is 1. The van der Waals surface area contributed by atoms with E-state index < -0.39 is 0 Å². The lowest BCUT2D eigenvalue weighted by Gasteiger charge is -2.36. The lowest BCUT2D eigenvalue weighted by atomic mass is 10.1. The van der Waals surface area contributed by atoms with E-state index in [4.69, 9.17) is 38.3 Å². The van der Waals surface area contributed by atoms with Crippen LogP contribution in [0.25, 0.3) is 11.7 Å². The third kappa shape index (κ3) is 5.49. The zero-order valence-electron chi connectivity index (χ0n) is 22.9. The van der Waals surface area contributed by atoms with Crippen molar-refractivity contribution in [1.82, 2.24) is 19.2 Å². The minimum atomic E-state index is -0.257. The Hall–Kier alpha value is -3.90. The number of aromatic nitrogens is 2. The highest BCUT2D eigenvalue weighted by atomic mass is 35.5. The third-order valence-corrected chi connectivity index (χ3v) is 9.45. The summed E-state index contributed by atoms with van der Waals surface area (Å²) in [6, 6.07) is 18.9. The van der Waals surface area contributed by atoms with Gasteiger partial charge in [0.2, 0.25) is 6.79 Å². The quantitative estimate of drug-likeness (QED) is 0.220. The minimum absolute atomic E-state index is 0.236. The van der Waals surface area contributed by atoms with E-state index in [1.807, 2.05) is 42.5 Å². The molecule has 0 bridgehead atoms. The number of benzene rings is 2. The number of hydrogen-bond acceptors (Lipinski definition) is 9. The van der Waals surface area contributed by atoms with Crippen molar-refractivity contribution in [1.29, 1.82) is 0 Å². The minimum Gasteiger partial charge on any atom is -0.454 e. The van der Waals surface area contributed by atoms with Crippen LogP contribution in [0, 0.1) is 0 Å². The standard InChI is InChI=1S/C31H26ClN5O4S2/c32-23-6-2-1-5-21(23)18-37-30(39)26(43-31(37)42)16-22-28(33-27-7-3-4-10-36(27)29(22)38)35-13-11-34(12-14-35)17-20-8-9-24-25(15-20)41-19-40-24/h1-10,15-16H,11-14,17-19H2. The van der Waals surface area contributed by atoms with Gasteiger partial charge in [0, 0.05) is 43.9 Å². The summed E-state index contributed by atoms with van der Waals surface area (Å²) in [6.07, 6.45) is 3.34. The van der Waals surface area contributed by atoms with Crippen molar-refractivity contribution in [3.05, 3.63) is 104 Å². The number of halogens is 1. The molecular weight excluding hydrogens is 606 g/mol. The van der Waals surface area contributed by atoms with E-state index in [0.29, 0.717) is 44.4 Å². The van der Waals surface area contributed by atoms with Gasteiger partial charge in [-0.15, -0.1) is 0 Å². The van der Waals surface area contributed by atoms with E-state index in [1.54, 1.807) is 24.4 Å². The number of nitrogens with zero attached hydrogens (tertiary/aromatic N) is 5. The molecule has 0 unspecified atom stereocenters. The van der Waals surface area contributed by atoms with Crippen LogP contribution >= 0.6 is 35.6 Å². The van der Waals surface area contributed by atoms with Crippen molar-refractivity contribution in [3.8, 4) is 11.5 Å². The van der Waals surface area contributed by atoms with Crippen LogP contribution in [0.2, 0.25) is 5.02 Å². The first-order valence-corrected chi connectivity index (χ1v) is 15.4. The van der Waals surface area contributed by atoms with Gasteiger partial charge in [-0.2, -0.15) is 0 Å². The Kier molecular flexibility index (Phi) is 7.56. The Balaban J connectivity index is 1.15. The molecule has 43 heavy (non-hydrogen) atoms. The SMILES string of the molecule is O=C1C(=Cc2c(N3CCN(Cc4ccc5c(c4)OCO5)CC3)nc3ccccn3c2=O)SC(=S)N1Cc1ccccc1Cl. The van der Waals surface area contributed by atoms with Gasteiger partial charge in [0.05, 0.1) is 17.0 Å². The molecule has 9 nitrogen and oxygen atoms in total. The monoisotopic (exact) mass is 631 g/mol. The lowest BCUT2D eigenvalue weighted by Crippen LogP contribution is -2.47. The van der Waals surface area contributed by atoms with E-state index in [2.05, 4.69) is 15.9 Å². The first-order valence-electron chi connectivity index (χ1n) is 13.8. The van der Waals surface area contributed by atoms with Crippen LogP contribution in [0.4, 0.5) is 5.82 Å². The van der Waals surface area contributed by atoms with Gasteiger partial charge in [-0.05, 0) is 47.5 Å². The molecule has 218 valence electrons. The summed E-state index contributed by atoms with van der Waals surface area (Å²) in [5.74, 6) is 1.86. The molecule has 0 radical (unpaired) electrons. The van der Waals surface area contributed by atoms with Crippen molar-refractivity contribution >= 4 is 63.3 Å². The molecule has 4 aromatic rings. The molecule has 2 saturated heterocycles. The van der Waals surface area contributed by atoms with Crippen molar-refractivity contribution in [3.63, 3.8) is 0 Å². The number of hydrogen-bond donors (Lipinski definition) is 0. The van der Waals surface area contributed by atoms with Crippen LogP contribution in [0.15, 0.2) is 76.6 Å². The summed E-state index contributed by atoms with van der Waals surface area (Å²) < 4.78 is 12.9. The first kappa shape index (κ1) is 27.9. The molecule has 0 atom stereocenters. The van der Waals surface area contributed by atoms with Gasteiger partial charge in [-0.1, -0.05) is 65.9 Å². The second-order valence-corrected chi connectivity index (χ2v) is 12.5. The molecule has 2 aromatic carbocycles. The maximum atomic E-state index is 13.8. The Morgan fingerprint density at radius 1 is 0.953 bits per heavy atom. The molecule has 1 amide bonds. The summed E-state index contributed by atoms with van der Waals surface area (Å²) >= 11 is 13.1.